The Balaban J connectivity index is 1.76. The van der Waals surface area contributed by atoms with Crippen molar-refractivity contribution in [1.29, 1.82) is 0 Å². The topological polar surface area (TPSA) is 39.9 Å². The summed E-state index contributed by atoms with van der Waals surface area (Å²) in [6.45, 7) is 2.92. The van der Waals surface area contributed by atoms with E-state index in [-0.39, 0.29) is 0 Å². The number of thiophene rings is 1. The van der Waals surface area contributed by atoms with Crippen LogP contribution < -0.4 is 4.74 Å². The fraction of sp³-hybridized carbons (Fsp3) is 0.250. The molecule has 0 aliphatic heterocycles. The molecule has 0 amide bonds. The maximum atomic E-state index is 6.02. The van der Waals surface area contributed by atoms with Gasteiger partial charge in [-0.05, 0) is 36.8 Å². The summed E-state index contributed by atoms with van der Waals surface area (Å²) in [5.41, 5.74) is 1.22. The number of ether oxygens (including phenoxy) is 1. The van der Waals surface area contributed by atoms with Crippen molar-refractivity contribution in [2.75, 3.05) is 7.11 Å². The minimum Gasteiger partial charge on any atom is -0.497 e. The summed E-state index contributed by atoms with van der Waals surface area (Å²) in [5, 5.41) is 9.59. The lowest BCUT2D eigenvalue weighted by Crippen LogP contribution is -1.99. The average molecular weight is 366 g/mol. The Morgan fingerprint density at radius 1 is 1.17 bits per heavy atom. The summed E-state index contributed by atoms with van der Waals surface area (Å²) in [6.07, 6.45) is 0. The Morgan fingerprint density at radius 3 is 2.57 bits per heavy atom. The Kier molecular flexibility index (Phi) is 5.25. The number of halogens is 1. The first-order valence-corrected chi connectivity index (χ1v) is 9.34. The van der Waals surface area contributed by atoms with Gasteiger partial charge in [0.1, 0.15) is 5.75 Å². The fourth-order valence-corrected chi connectivity index (χ4v) is 4.16. The van der Waals surface area contributed by atoms with Crippen LogP contribution in [0.2, 0.25) is 4.34 Å². The standard InChI is InChI=1S/C16H16ClN3OS2/c1-3-20-15(13-8-9-14(17)23-13)18-19-16(20)22-10-11-4-6-12(21-2)7-5-11/h4-9H,3,10H2,1-2H3. The predicted molar refractivity (Wildman–Crippen MR) is 96.6 cm³/mol. The number of methoxy groups -OCH3 is 1. The van der Waals surface area contributed by atoms with E-state index in [0.717, 1.165) is 38.2 Å². The van der Waals surface area contributed by atoms with Gasteiger partial charge in [0.05, 0.1) is 16.3 Å². The smallest absolute Gasteiger partial charge is 0.191 e. The molecule has 7 heteroatoms. The fourth-order valence-electron chi connectivity index (χ4n) is 2.17. The van der Waals surface area contributed by atoms with Crippen LogP contribution in [-0.2, 0) is 12.3 Å². The van der Waals surface area contributed by atoms with Gasteiger partial charge in [-0.25, -0.2) is 0 Å². The molecule has 120 valence electrons. The normalized spacial score (nSPS) is 10.9. The van der Waals surface area contributed by atoms with E-state index in [1.807, 2.05) is 24.3 Å². The van der Waals surface area contributed by atoms with Gasteiger partial charge in [0.25, 0.3) is 0 Å². The first-order valence-electron chi connectivity index (χ1n) is 7.16. The number of hydrogen-bond donors (Lipinski definition) is 0. The molecule has 0 fully saturated rings. The molecule has 0 aliphatic rings. The molecule has 1 aromatic carbocycles. The highest BCUT2D eigenvalue weighted by Crippen LogP contribution is 2.32. The molecule has 23 heavy (non-hydrogen) atoms. The maximum absolute atomic E-state index is 6.02. The molecule has 4 nitrogen and oxygen atoms in total. The molecule has 2 heterocycles. The van der Waals surface area contributed by atoms with Gasteiger partial charge in [-0.1, -0.05) is 35.5 Å². The monoisotopic (exact) mass is 365 g/mol. The Bertz CT molecular complexity index is 783. The molecule has 0 spiro atoms. The lowest BCUT2D eigenvalue weighted by Gasteiger charge is -2.06. The number of thioether (sulfide) groups is 1. The quantitative estimate of drug-likeness (QED) is 0.577. The molecule has 2 aromatic heterocycles. The second kappa shape index (κ2) is 7.38. The predicted octanol–water partition coefficient (Wildman–Crippen LogP) is 4.98. The Hall–Kier alpha value is -1.50. The molecule has 0 radical (unpaired) electrons. The summed E-state index contributed by atoms with van der Waals surface area (Å²) in [7, 11) is 1.67. The third kappa shape index (κ3) is 3.71. The van der Waals surface area contributed by atoms with Gasteiger partial charge in [0, 0.05) is 12.3 Å². The summed E-state index contributed by atoms with van der Waals surface area (Å²) in [6, 6.07) is 12.0. The van der Waals surface area contributed by atoms with Gasteiger partial charge in [0.15, 0.2) is 11.0 Å². The molecule has 0 saturated carbocycles. The van der Waals surface area contributed by atoms with E-state index in [0.29, 0.717) is 0 Å². The first-order chi connectivity index (χ1) is 11.2. The molecule has 0 aliphatic carbocycles. The van der Waals surface area contributed by atoms with Crippen molar-refractivity contribution in [1.82, 2.24) is 14.8 Å². The highest BCUT2D eigenvalue weighted by atomic mass is 35.5. The van der Waals surface area contributed by atoms with E-state index in [4.69, 9.17) is 16.3 Å². The Labute approximate surface area is 148 Å². The SMILES string of the molecule is CCn1c(SCc2ccc(OC)cc2)nnc1-c1ccc(Cl)s1. The summed E-state index contributed by atoms with van der Waals surface area (Å²) in [4.78, 5) is 1.04. The van der Waals surface area contributed by atoms with Gasteiger partial charge in [-0.2, -0.15) is 0 Å². The molecule has 0 atom stereocenters. The van der Waals surface area contributed by atoms with E-state index in [2.05, 4.69) is 33.8 Å². The van der Waals surface area contributed by atoms with Crippen LogP contribution in [0.15, 0.2) is 41.6 Å². The van der Waals surface area contributed by atoms with Crippen molar-refractivity contribution in [3.8, 4) is 16.5 Å². The van der Waals surface area contributed by atoms with Crippen LogP contribution in [0.25, 0.3) is 10.7 Å². The van der Waals surface area contributed by atoms with Crippen LogP contribution >= 0.6 is 34.7 Å². The van der Waals surface area contributed by atoms with Gasteiger partial charge in [-0.15, -0.1) is 21.5 Å². The second-order valence-electron chi connectivity index (χ2n) is 4.79. The number of benzene rings is 1. The number of aromatic nitrogens is 3. The highest BCUT2D eigenvalue weighted by molar-refractivity contribution is 7.98. The largest absolute Gasteiger partial charge is 0.497 e. The number of rotatable bonds is 6. The molecular formula is C16H16ClN3OS2. The molecule has 0 bridgehead atoms. The van der Waals surface area contributed by atoms with Crippen molar-refractivity contribution in [3.63, 3.8) is 0 Å². The minimum absolute atomic E-state index is 0.762. The number of hydrogen-bond acceptors (Lipinski definition) is 5. The zero-order chi connectivity index (χ0) is 16.2. The van der Waals surface area contributed by atoms with E-state index < -0.39 is 0 Å². The molecule has 0 N–H and O–H groups in total. The van der Waals surface area contributed by atoms with Crippen LogP contribution in [0, 0.1) is 0 Å². The summed E-state index contributed by atoms with van der Waals surface area (Å²) >= 11 is 9.23. The van der Waals surface area contributed by atoms with Crippen LogP contribution in [0.4, 0.5) is 0 Å². The van der Waals surface area contributed by atoms with Gasteiger partial charge in [-0.3, -0.25) is 0 Å². The van der Waals surface area contributed by atoms with Gasteiger partial charge in [0.2, 0.25) is 0 Å². The van der Waals surface area contributed by atoms with E-state index >= 15 is 0 Å². The second-order valence-corrected chi connectivity index (χ2v) is 7.45. The molecule has 0 saturated heterocycles. The van der Waals surface area contributed by atoms with E-state index in [1.165, 1.54) is 16.9 Å². The van der Waals surface area contributed by atoms with Crippen LogP contribution in [0.5, 0.6) is 5.75 Å². The third-order valence-electron chi connectivity index (χ3n) is 3.35. The van der Waals surface area contributed by atoms with Crippen LogP contribution in [0.1, 0.15) is 12.5 Å². The average Bonchev–Trinajstić information content (AvgIpc) is 3.18. The lowest BCUT2D eigenvalue weighted by atomic mass is 10.2. The van der Waals surface area contributed by atoms with E-state index in [1.54, 1.807) is 18.9 Å². The minimum atomic E-state index is 0.762. The third-order valence-corrected chi connectivity index (χ3v) is 5.62. The van der Waals surface area contributed by atoms with Crippen molar-refractivity contribution in [2.45, 2.75) is 24.4 Å². The highest BCUT2D eigenvalue weighted by Gasteiger charge is 2.14. The van der Waals surface area contributed by atoms with E-state index in [9.17, 15) is 0 Å². The molecule has 0 unspecified atom stereocenters. The number of nitrogens with zero attached hydrogens (tertiary/aromatic N) is 3. The molecule has 3 aromatic rings. The van der Waals surface area contributed by atoms with Crippen molar-refractivity contribution in [2.24, 2.45) is 0 Å². The zero-order valence-corrected chi connectivity index (χ0v) is 15.2. The van der Waals surface area contributed by atoms with Crippen molar-refractivity contribution >= 4 is 34.7 Å². The summed E-state index contributed by atoms with van der Waals surface area (Å²) in [5.74, 6) is 2.59. The maximum Gasteiger partial charge on any atom is 0.191 e. The van der Waals surface area contributed by atoms with Crippen LogP contribution in [0.3, 0.4) is 0 Å². The zero-order valence-electron chi connectivity index (χ0n) is 12.8. The van der Waals surface area contributed by atoms with Crippen LogP contribution in [-0.4, -0.2) is 21.9 Å². The van der Waals surface area contributed by atoms with Crippen molar-refractivity contribution < 1.29 is 4.74 Å². The molecule has 3 rings (SSSR count). The van der Waals surface area contributed by atoms with Gasteiger partial charge >= 0.3 is 0 Å². The lowest BCUT2D eigenvalue weighted by molar-refractivity contribution is 0.414. The van der Waals surface area contributed by atoms with Gasteiger partial charge < -0.3 is 9.30 Å². The summed E-state index contributed by atoms with van der Waals surface area (Å²) < 4.78 is 8.06. The Morgan fingerprint density at radius 2 is 1.96 bits per heavy atom. The van der Waals surface area contributed by atoms with Crippen molar-refractivity contribution in [3.05, 3.63) is 46.3 Å². The molecular weight excluding hydrogens is 350 g/mol. The first kappa shape index (κ1) is 16.4.